The van der Waals surface area contributed by atoms with E-state index in [1.54, 1.807) is 30.1 Å². The van der Waals surface area contributed by atoms with Crippen LogP contribution in [0.5, 0.6) is 0 Å². The fourth-order valence-electron chi connectivity index (χ4n) is 4.71. The third-order valence-corrected chi connectivity index (χ3v) is 6.77. The lowest BCUT2D eigenvalue weighted by atomic mass is 10.1. The van der Waals surface area contributed by atoms with Crippen molar-refractivity contribution < 1.29 is 18.8 Å². The minimum atomic E-state index is -0.615. The molecule has 204 valence electrons. The molecule has 8 heteroatoms. The molecule has 1 fully saturated rings. The van der Waals surface area contributed by atoms with E-state index < -0.39 is 11.7 Å². The smallest absolute Gasteiger partial charge is 0.258 e. The average molecular weight is 531 g/mol. The monoisotopic (exact) mass is 530 g/mol. The highest BCUT2D eigenvalue weighted by molar-refractivity contribution is 6.06. The van der Waals surface area contributed by atoms with E-state index in [-0.39, 0.29) is 17.4 Å². The van der Waals surface area contributed by atoms with Gasteiger partial charge in [-0.3, -0.25) is 14.4 Å². The van der Waals surface area contributed by atoms with Crippen LogP contribution >= 0.6 is 0 Å². The second-order valence-electron chi connectivity index (χ2n) is 10.3. The summed E-state index contributed by atoms with van der Waals surface area (Å²) >= 11 is 0. The number of anilines is 2. The molecule has 0 unspecified atom stereocenters. The largest absolute Gasteiger partial charge is 0.367 e. The van der Waals surface area contributed by atoms with E-state index >= 15 is 0 Å². The molecule has 0 spiro atoms. The second-order valence-corrected chi connectivity index (χ2v) is 10.3. The molecule has 3 aromatic rings. The van der Waals surface area contributed by atoms with Gasteiger partial charge in [0.15, 0.2) is 0 Å². The van der Waals surface area contributed by atoms with E-state index in [1.807, 2.05) is 55.1 Å². The number of carbonyl (C=O) groups excluding carboxylic acids is 3. The van der Waals surface area contributed by atoms with Crippen LogP contribution < -0.4 is 10.2 Å². The van der Waals surface area contributed by atoms with E-state index in [0.717, 1.165) is 11.3 Å². The zero-order chi connectivity index (χ0) is 27.9. The minimum Gasteiger partial charge on any atom is -0.367 e. The van der Waals surface area contributed by atoms with E-state index in [1.165, 1.54) is 18.2 Å². The number of hydrogen-bond acceptors (Lipinski definition) is 4. The first-order valence-corrected chi connectivity index (χ1v) is 13.2. The van der Waals surface area contributed by atoms with Crippen LogP contribution in [0.4, 0.5) is 15.8 Å². The Hall–Kier alpha value is -4.20. The lowest BCUT2D eigenvalue weighted by molar-refractivity contribution is -0.132. The highest BCUT2D eigenvalue weighted by atomic mass is 19.1. The van der Waals surface area contributed by atoms with Gasteiger partial charge in [0.05, 0.1) is 11.1 Å². The minimum absolute atomic E-state index is 0.0714. The number of piperazine rings is 1. The lowest BCUT2D eigenvalue weighted by Crippen LogP contribution is -2.49. The number of halogens is 1. The molecular formula is C31H35FN4O3. The maximum Gasteiger partial charge on any atom is 0.258 e. The summed E-state index contributed by atoms with van der Waals surface area (Å²) in [6.07, 6.45) is 0.518. The SMILES string of the molecule is CC(C)CC(=O)N1CCN(c2ccc(NC(=O)c3ccccc3F)cc2C(=O)N(C)Cc2ccccc2)CC1. The van der Waals surface area contributed by atoms with Crippen LogP contribution in [0.2, 0.25) is 0 Å². The molecule has 3 amide bonds. The van der Waals surface area contributed by atoms with Gasteiger partial charge in [-0.1, -0.05) is 56.3 Å². The Balaban J connectivity index is 1.58. The molecule has 0 radical (unpaired) electrons. The van der Waals surface area contributed by atoms with E-state index in [0.29, 0.717) is 56.3 Å². The average Bonchev–Trinajstić information content (AvgIpc) is 2.93. The van der Waals surface area contributed by atoms with Gasteiger partial charge >= 0.3 is 0 Å². The predicted octanol–water partition coefficient (Wildman–Crippen LogP) is 5.04. The van der Waals surface area contributed by atoms with Crippen LogP contribution in [-0.4, -0.2) is 60.7 Å². The number of rotatable bonds is 8. The van der Waals surface area contributed by atoms with Crippen molar-refractivity contribution in [3.05, 3.63) is 95.3 Å². The summed E-state index contributed by atoms with van der Waals surface area (Å²) in [6, 6.07) is 20.7. The van der Waals surface area contributed by atoms with Crippen LogP contribution in [0.15, 0.2) is 72.8 Å². The molecule has 3 aromatic carbocycles. The summed E-state index contributed by atoms with van der Waals surface area (Å²) in [5.74, 6) is -0.958. The van der Waals surface area contributed by atoms with Gasteiger partial charge in [0.25, 0.3) is 11.8 Å². The first kappa shape index (κ1) is 27.8. The zero-order valence-corrected chi connectivity index (χ0v) is 22.7. The van der Waals surface area contributed by atoms with Gasteiger partial charge in [-0.15, -0.1) is 0 Å². The fourth-order valence-corrected chi connectivity index (χ4v) is 4.71. The lowest BCUT2D eigenvalue weighted by Gasteiger charge is -2.37. The molecular weight excluding hydrogens is 495 g/mol. The topological polar surface area (TPSA) is 73.0 Å². The van der Waals surface area contributed by atoms with Gasteiger partial charge in [-0.2, -0.15) is 0 Å². The van der Waals surface area contributed by atoms with E-state index in [4.69, 9.17) is 0 Å². The summed E-state index contributed by atoms with van der Waals surface area (Å²) in [5.41, 5.74) is 2.49. The van der Waals surface area contributed by atoms with Gasteiger partial charge in [-0.25, -0.2) is 4.39 Å². The number of benzene rings is 3. The molecule has 0 saturated carbocycles. The molecule has 1 saturated heterocycles. The molecule has 0 aromatic heterocycles. The standard InChI is InChI=1S/C31H35FN4O3/c1-22(2)19-29(37)36-17-15-35(16-18-36)28-14-13-24(33-30(38)25-11-7-8-12-27(25)32)20-26(28)31(39)34(3)21-23-9-5-4-6-10-23/h4-14,20,22H,15-19,21H2,1-3H3,(H,33,38). The van der Waals surface area contributed by atoms with Crippen LogP contribution in [-0.2, 0) is 11.3 Å². The molecule has 4 rings (SSSR count). The predicted molar refractivity (Wildman–Crippen MR) is 151 cm³/mol. The Labute approximate surface area is 229 Å². The normalized spacial score (nSPS) is 13.4. The highest BCUT2D eigenvalue weighted by Gasteiger charge is 2.26. The molecule has 7 nitrogen and oxygen atoms in total. The van der Waals surface area contributed by atoms with E-state index in [2.05, 4.69) is 10.2 Å². The quantitative estimate of drug-likeness (QED) is 0.443. The number of nitrogens with zero attached hydrogens (tertiary/aromatic N) is 3. The van der Waals surface area contributed by atoms with E-state index in [9.17, 15) is 18.8 Å². The number of carbonyl (C=O) groups is 3. The van der Waals surface area contributed by atoms with Gasteiger partial charge in [0.1, 0.15) is 5.82 Å². The zero-order valence-electron chi connectivity index (χ0n) is 22.7. The summed E-state index contributed by atoms with van der Waals surface area (Å²) < 4.78 is 14.2. The number of nitrogens with one attached hydrogen (secondary N) is 1. The Bertz CT molecular complexity index is 1320. The Morgan fingerprint density at radius 3 is 2.23 bits per heavy atom. The first-order valence-electron chi connectivity index (χ1n) is 13.2. The number of hydrogen-bond donors (Lipinski definition) is 1. The number of amides is 3. The van der Waals surface area contributed by atoms with Crippen LogP contribution in [0.25, 0.3) is 0 Å². The van der Waals surface area contributed by atoms with Crippen LogP contribution in [0.1, 0.15) is 46.5 Å². The third kappa shape index (κ3) is 7.02. The second kappa shape index (κ2) is 12.6. The molecule has 39 heavy (non-hydrogen) atoms. The van der Waals surface area contributed by atoms with Crippen molar-refractivity contribution >= 4 is 29.1 Å². The first-order chi connectivity index (χ1) is 18.7. The Morgan fingerprint density at radius 1 is 0.897 bits per heavy atom. The van der Waals surface area contributed by atoms with Crippen molar-refractivity contribution in [2.75, 3.05) is 43.4 Å². The van der Waals surface area contributed by atoms with Crippen molar-refractivity contribution in [2.45, 2.75) is 26.8 Å². The third-order valence-electron chi connectivity index (χ3n) is 6.77. The van der Waals surface area contributed by atoms with Gasteiger partial charge < -0.3 is 20.0 Å². The summed E-state index contributed by atoms with van der Waals surface area (Å²) in [5, 5.41) is 2.73. The Morgan fingerprint density at radius 2 is 1.56 bits per heavy atom. The molecule has 1 aliphatic rings. The summed E-state index contributed by atoms with van der Waals surface area (Å²) in [4.78, 5) is 44.7. The Kier molecular flexibility index (Phi) is 8.96. The van der Waals surface area contributed by atoms with Crippen molar-refractivity contribution in [1.29, 1.82) is 0 Å². The fraction of sp³-hybridized carbons (Fsp3) is 0.323. The van der Waals surface area contributed by atoms with Gasteiger partial charge in [0.2, 0.25) is 5.91 Å². The van der Waals surface area contributed by atoms with Crippen molar-refractivity contribution in [3.63, 3.8) is 0 Å². The molecule has 1 aliphatic heterocycles. The molecule has 1 heterocycles. The van der Waals surface area contributed by atoms with Crippen LogP contribution in [0, 0.1) is 11.7 Å². The van der Waals surface area contributed by atoms with Gasteiger partial charge in [0, 0.05) is 57.6 Å². The maximum atomic E-state index is 14.2. The molecule has 0 bridgehead atoms. The summed E-state index contributed by atoms with van der Waals surface area (Å²) in [6.45, 7) is 6.81. The molecule has 0 atom stereocenters. The van der Waals surface area contributed by atoms with Gasteiger partial charge in [-0.05, 0) is 41.8 Å². The van der Waals surface area contributed by atoms with Crippen molar-refractivity contribution in [3.8, 4) is 0 Å². The van der Waals surface area contributed by atoms with Crippen molar-refractivity contribution in [2.24, 2.45) is 5.92 Å². The molecule has 0 aliphatic carbocycles. The maximum absolute atomic E-state index is 14.2. The summed E-state index contributed by atoms with van der Waals surface area (Å²) in [7, 11) is 1.74. The molecule has 1 N–H and O–H groups in total. The van der Waals surface area contributed by atoms with Crippen molar-refractivity contribution in [1.82, 2.24) is 9.80 Å². The van der Waals surface area contributed by atoms with Crippen LogP contribution in [0.3, 0.4) is 0 Å². The highest BCUT2D eigenvalue weighted by Crippen LogP contribution is 2.28.